The van der Waals surface area contributed by atoms with Gasteiger partial charge in [-0.1, -0.05) is 6.92 Å². The summed E-state index contributed by atoms with van der Waals surface area (Å²) in [6.45, 7) is 4.64. The number of benzene rings is 1. The van der Waals surface area contributed by atoms with Crippen LogP contribution < -0.4 is 0 Å². The van der Waals surface area contributed by atoms with Crippen LogP contribution in [-0.2, 0) is 0 Å². The monoisotopic (exact) mass is 221 g/mol. The summed E-state index contributed by atoms with van der Waals surface area (Å²) in [5.41, 5.74) is 0.598. The van der Waals surface area contributed by atoms with E-state index in [1.165, 1.54) is 12.1 Å². The smallest absolute Gasteiger partial charge is 0.176 e. The molecule has 0 aromatic heterocycles. The van der Waals surface area contributed by atoms with Crippen molar-refractivity contribution in [2.75, 3.05) is 19.6 Å². The number of halogens is 1. The van der Waals surface area contributed by atoms with Gasteiger partial charge in [0.1, 0.15) is 5.82 Å². The van der Waals surface area contributed by atoms with Crippen LogP contribution in [0.4, 0.5) is 4.39 Å². The number of hydrogen-bond donors (Lipinski definition) is 0. The van der Waals surface area contributed by atoms with Crippen molar-refractivity contribution >= 4 is 5.78 Å². The van der Waals surface area contributed by atoms with Crippen LogP contribution in [-0.4, -0.2) is 30.3 Å². The second-order valence-corrected chi connectivity index (χ2v) is 4.56. The molecular weight excluding hydrogens is 205 g/mol. The minimum atomic E-state index is -0.300. The number of hydrogen-bond acceptors (Lipinski definition) is 2. The molecular formula is C13H16FNO. The lowest BCUT2D eigenvalue weighted by Crippen LogP contribution is -2.27. The summed E-state index contributed by atoms with van der Waals surface area (Å²) in [5, 5.41) is 0. The molecule has 0 saturated carbocycles. The largest absolute Gasteiger partial charge is 0.296 e. The van der Waals surface area contributed by atoms with Gasteiger partial charge in [0, 0.05) is 12.1 Å². The maximum atomic E-state index is 12.7. The third-order valence-electron chi connectivity index (χ3n) is 3.04. The average molecular weight is 221 g/mol. The summed E-state index contributed by atoms with van der Waals surface area (Å²) in [7, 11) is 0. The first-order valence-corrected chi connectivity index (χ1v) is 5.66. The van der Waals surface area contributed by atoms with Gasteiger partial charge >= 0.3 is 0 Å². The number of carbonyl (C=O) groups excluding carboxylic acids is 1. The van der Waals surface area contributed by atoms with Crippen LogP contribution in [0, 0.1) is 11.7 Å². The van der Waals surface area contributed by atoms with Crippen LogP contribution in [0.1, 0.15) is 23.7 Å². The minimum absolute atomic E-state index is 0.0779. The molecule has 1 saturated heterocycles. The zero-order chi connectivity index (χ0) is 11.5. The van der Waals surface area contributed by atoms with Crippen LogP contribution in [0.25, 0.3) is 0 Å². The molecule has 0 N–H and O–H groups in total. The van der Waals surface area contributed by atoms with Crippen molar-refractivity contribution in [3.8, 4) is 0 Å². The highest BCUT2D eigenvalue weighted by Crippen LogP contribution is 2.15. The first-order valence-electron chi connectivity index (χ1n) is 5.66. The van der Waals surface area contributed by atoms with Crippen LogP contribution in [0.2, 0.25) is 0 Å². The summed E-state index contributed by atoms with van der Waals surface area (Å²) in [6.07, 6.45) is 1.16. The normalized spacial score (nSPS) is 21.2. The number of ketones is 1. The zero-order valence-electron chi connectivity index (χ0n) is 9.45. The van der Waals surface area contributed by atoms with Gasteiger partial charge in [-0.05, 0) is 43.1 Å². The maximum absolute atomic E-state index is 12.7. The van der Waals surface area contributed by atoms with Crippen molar-refractivity contribution in [1.82, 2.24) is 4.90 Å². The Kier molecular flexibility index (Phi) is 3.34. The standard InChI is InChI=1S/C13H16FNO/c1-10-6-7-15(8-10)9-13(16)11-2-4-12(14)5-3-11/h2-5,10H,6-9H2,1H3. The number of rotatable bonds is 3. The lowest BCUT2D eigenvalue weighted by molar-refractivity contribution is 0.0943. The Morgan fingerprint density at radius 3 is 2.69 bits per heavy atom. The summed E-state index contributed by atoms with van der Waals surface area (Å²) < 4.78 is 12.7. The highest BCUT2D eigenvalue weighted by Gasteiger charge is 2.20. The second kappa shape index (κ2) is 4.74. The average Bonchev–Trinajstić information content (AvgIpc) is 2.65. The highest BCUT2D eigenvalue weighted by molar-refractivity contribution is 5.97. The van der Waals surface area contributed by atoms with E-state index >= 15 is 0 Å². The molecule has 1 unspecified atom stereocenters. The lowest BCUT2D eigenvalue weighted by Gasteiger charge is -2.13. The Labute approximate surface area is 95.1 Å². The van der Waals surface area contributed by atoms with Gasteiger partial charge in [-0.15, -0.1) is 0 Å². The maximum Gasteiger partial charge on any atom is 0.176 e. The molecule has 16 heavy (non-hydrogen) atoms. The van der Waals surface area contributed by atoms with E-state index in [1.807, 2.05) is 0 Å². The molecule has 0 bridgehead atoms. The van der Waals surface area contributed by atoms with E-state index in [0.717, 1.165) is 19.5 Å². The van der Waals surface area contributed by atoms with Crippen LogP contribution >= 0.6 is 0 Å². The lowest BCUT2D eigenvalue weighted by atomic mass is 10.1. The Hall–Kier alpha value is -1.22. The molecule has 1 aromatic rings. The molecule has 86 valence electrons. The third kappa shape index (κ3) is 2.67. The SMILES string of the molecule is CC1CCN(CC(=O)c2ccc(F)cc2)C1. The Bertz CT molecular complexity index is 374. The van der Waals surface area contributed by atoms with Gasteiger partial charge in [-0.3, -0.25) is 9.69 Å². The minimum Gasteiger partial charge on any atom is -0.296 e. The number of likely N-dealkylation sites (tertiary alicyclic amines) is 1. The summed E-state index contributed by atoms with van der Waals surface area (Å²) in [4.78, 5) is 14.0. The van der Waals surface area contributed by atoms with E-state index in [9.17, 15) is 9.18 Å². The summed E-state index contributed by atoms with van der Waals surface area (Å²) >= 11 is 0. The predicted molar refractivity (Wildman–Crippen MR) is 61.0 cm³/mol. The van der Waals surface area contributed by atoms with E-state index in [2.05, 4.69) is 11.8 Å². The molecule has 2 rings (SSSR count). The fourth-order valence-corrected chi connectivity index (χ4v) is 2.10. The molecule has 1 aromatic carbocycles. The van der Waals surface area contributed by atoms with Gasteiger partial charge in [-0.2, -0.15) is 0 Å². The number of Topliss-reactive ketones (excluding diaryl/α,β-unsaturated/α-hetero) is 1. The van der Waals surface area contributed by atoms with Crippen molar-refractivity contribution in [3.63, 3.8) is 0 Å². The number of nitrogens with zero attached hydrogens (tertiary/aromatic N) is 1. The first kappa shape index (κ1) is 11.3. The van der Waals surface area contributed by atoms with Gasteiger partial charge in [0.2, 0.25) is 0 Å². The van der Waals surface area contributed by atoms with Crippen molar-refractivity contribution in [1.29, 1.82) is 0 Å². The molecule has 0 radical (unpaired) electrons. The molecule has 0 aliphatic carbocycles. The summed E-state index contributed by atoms with van der Waals surface area (Å²) in [5.74, 6) is 0.460. The Morgan fingerprint density at radius 1 is 1.44 bits per heavy atom. The van der Waals surface area contributed by atoms with Gasteiger partial charge in [0.15, 0.2) is 5.78 Å². The van der Waals surface area contributed by atoms with Gasteiger partial charge in [-0.25, -0.2) is 4.39 Å². The molecule has 0 spiro atoms. The fraction of sp³-hybridized carbons (Fsp3) is 0.462. The zero-order valence-corrected chi connectivity index (χ0v) is 9.45. The van der Waals surface area contributed by atoms with E-state index in [0.29, 0.717) is 18.0 Å². The van der Waals surface area contributed by atoms with Crippen molar-refractivity contribution < 1.29 is 9.18 Å². The molecule has 1 fully saturated rings. The Balaban J connectivity index is 1.95. The number of carbonyl (C=O) groups is 1. The molecule has 1 aliphatic heterocycles. The molecule has 1 aliphatic rings. The Morgan fingerprint density at radius 2 is 2.12 bits per heavy atom. The molecule has 2 nitrogen and oxygen atoms in total. The van der Waals surface area contributed by atoms with Gasteiger partial charge in [0.25, 0.3) is 0 Å². The second-order valence-electron chi connectivity index (χ2n) is 4.56. The third-order valence-corrected chi connectivity index (χ3v) is 3.04. The topological polar surface area (TPSA) is 20.3 Å². The van der Waals surface area contributed by atoms with Crippen LogP contribution in [0.3, 0.4) is 0 Å². The molecule has 1 atom stereocenters. The van der Waals surface area contributed by atoms with Crippen molar-refractivity contribution in [2.24, 2.45) is 5.92 Å². The van der Waals surface area contributed by atoms with Gasteiger partial charge < -0.3 is 0 Å². The van der Waals surface area contributed by atoms with Crippen molar-refractivity contribution in [2.45, 2.75) is 13.3 Å². The quantitative estimate of drug-likeness (QED) is 0.730. The predicted octanol–water partition coefficient (Wildman–Crippen LogP) is 2.35. The van der Waals surface area contributed by atoms with Crippen LogP contribution in [0.15, 0.2) is 24.3 Å². The van der Waals surface area contributed by atoms with E-state index in [-0.39, 0.29) is 11.6 Å². The van der Waals surface area contributed by atoms with E-state index in [4.69, 9.17) is 0 Å². The highest BCUT2D eigenvalue weighted by atomic mass is 19.1. The van der Waals surface area contributed by atoms with Crippen LogP contribution in [0.5, 0.6) is 0 Å². The molecule has 0 amide bonds. The summed E-state index contributed by atoms with van der Waals surface area (Å²) in [6, 6.07) is 5.77. The van der Waals surface area contributed by atoms with Crippen molar-refractivity contribution in [3.05, 3.63) is 35.6 Å². The fourth-order valence-electron chi connectivity index (χ4n) is 2.10. The van der Waals surface area contributed by atoms with Gasteiger partial charge in [0.05, 0.1) is 6.54 Å². The van der Waals surface area contributed by atoms with E-state index in [1.54, 1.807) is 12.1 Å². The van der Waals surface area contributed by atoms with E-state index < -0.39 is 0 Å². The molecule has 1 heterocycles. The molecule has 3 heteroatoms. The first-order chi connectivity index (χ1) is 7.65.